The van der Waals surface area contributed by atoms with Crippen LogP contribution in [-0.2, 0) is 4.79 Å². The van der Waals surface area contributed by atoms with Gasteiger partial charge in [-0.1, -0.05) is 134 Å². The molecule has 2 nitrogen and oxygen atoms in total. The number of hydrogen-bond donors (Lipinski definition) is 1. The molecule has 0 aliphatic rings. The number of carboxylic acid groups (broad SMARTS) is 1. The van der Waals surface area contributed by atoms with E-state index < -0.39 is 5.97 Å². The summed E-state index contributed by atoms with van der Waals surface area (Å²) in [5.41, 5.74) is 0. The Labute approximate surface area is 195 Å². The molecule has 0 heterocycles. The van der Waals surface area contributed by atoms with E-state index in [-0.39, 0.29) is 0 Å². The second-order valence-electron chi connectivity index (χ2n) is 9.26. The van der Waals surface area contributed by atoms with Gasteiger partial charge in [0.1, 0.15) is 0 Å². The third-order valence-electron chi connectivity index (χ3n) is 6.09. The van der Waals surface area contributed by atoms with Crippen LogP contribution in [0.25, 0.3) is 0 Å². The van der Waals surface area contributed by atoms with Gasteiger partial charge in [0.15, 0.2) is 0 Å². The highest BCUT2D eigenvalue weighted by atomic mass is 16.4. The Bertz CT molecular complexity index is 411. The van der Waals surface area contributed by atoms with E-state index in [9.17, 15) is 4.79 Å². The fraction of sp³-hybridized carbons (Fsp3) is 0.828. The molecule has 0 spiro atoms. The maximum Gasteiger partial charge on any atom is 0.303 e. The molecular formula is C29H54O2. The monoisotopic (exact) mass is 434 g/mol. The molecule has 0 aromatic heterocycles. The average molecular weight is 435 g/mol. The Kier molecular flexibility index (Phi) is 26.1. The molecule has 0 saturated heterocycles. The highest BCUT2D eigenvalue weighted by Crippen LogP contribution is 2.13. The van der Waals surface area contributed by atoms with Gasteiger partial charge < -0.3 is 5.11 Å². The Hall–Kier alpha value is -1.05. The maximum absolute atomic E-state index is 10.4. The summed E-state index contributed by atoms with van der Waals surface area (Å²) in [6.45, 7) is 2.29. The van der Waals surface area contributed by atoms with Crippen molar-refractivity contribution in [2.75, 3.05) is 0 Å². The molecule has 0 aromatic rings. The van der Waals surface area contributed by atoms with Crippen LogP contribution in [0.5, 0.6) is 0 Å². The minimum Gasteiger partial charge on any atom is -0.481 e. The van der Waals surface area contributed by atoms with E-state index in [4.69, 9.17) is 5.11 Å². The summed E-state index contributed by atoms with van der Waals surface area (Å²) < 4.78 is 0. The fourth-order valence-corrected chi connectivity index (χ4v) is 4.03. The standard InChI is InChI=1S/C29H54O2/c1-2-3-4-5-6-7-8-9-10-11-12-13-14-15-16-17-18-19-20-21-22-23-24-25-26-27-28-29(30)31/h16-17,19-20H,2-15,18,21-28H2,1H3,(H,30,31). The second-order valence-corrected chi connectivity index (χ2v) is 9.26. The van der Waals surface area contributed by atoms with E-state index in [0.717, 1.165) is 19.3 Å². The number of unbranched alkanes of at least 4 members (excludes halogenated alkanes) is 19. The molecule has 0 fully saturated rings. The van der Waals surface area contributed by atoms with Gasteiger partial charge in [0, 0.05) is 6.42 Å². The van der Waals surface area contributed by atoms with Crippen molar-refractivity contribution in [2.24, 2.45) is 0 Å². The Balaban J connectivity index is 3.16. The summed E-state index contributed by atoms with van der Waals surface area (Å²) in [4.78, 5) is 10.4. The van der Waals surface area contributed by atoms with Crippen molar-refractivity contribution >= 4 is 5.97 Å². The van der Waals surface area contributed by atoms with Crippen LogP contribution in [-0.4, -0.2) is 11.1 Å². The lowest BCUT2D eigenvalue weighted by atomic mass is 10.0. The molecule has 2 heteroatoms. The van der Waals surface area contributed by atoms with Gasteiger partial charge in [0.2, 0.25) is 0 Å². The van der Waals surface area contributed by atoms with Gasteiger partial charge in [0.05, 0.1) is 0 Å². The minimum atomic E-state index is -0.663. The molecule has 0 amide bonds. The van der Waals surface area contributed by atoms with Crippen LogP contribution in [0.4, 0.5) is 0 Å². The van der Waals surface area contributed by atoms with E-state index in [1.165, 1.54) is 122 Å². The first-order valence-corrected chi connectivity index (χ1v) is 13.8. The minimum absolute atomic E-state index is 0.329. The molecule has 0 atom stereocenters. The van der Waals surface area contributed by atoms with Crippen molar-refractivity contribution < 1.29 is 9.90 Å². The van der Waals surface area contributed by atoms with E-state index >= 15 is 0 Å². The second kappa shape index (κ2) is 27.0. The number of carbonyl (C=O) groups is 1. The summed E-state index contributed by atoms with van der Waals surface area (Å²) in [6, 6.07) is 0. The lowest BCUT2D eigenvalue weighted by molar-refractivity contribution is -0.137. The zero-order valence-corrected chi connectivity index (χ0v) is 20.9. The maximum atomic E-state index is 10.4. The van der Waals surface area contributed by atoms with Crippen molar-refractivity contribution in [3.63, 3.8) is 0 Å². The normalized spacial score (nSPS) is 11.8. The van der Waals surface area contributed by atoms with E-state index in [1.54, 1.807) is 0 Å². The van der Waals surface area contributed by atoms with Crippen LogP contribution < -0.4 is 0 Å². The Morgan fingerprint density at radius 1 is 0.516 bits per heavy atom. The lowest BCUT2D eigenvalue weighted by Gasteiger charge is -2.02. The number of allylic oxidation sites excluding steroid dienone is 4. The van der Waals surface area contributed by atoms with Gasteiger partial charge in [-0.25, -0.2) is 0 Å². The molecule has 0 bridgehead atoms. The number of aliphatic carboxylic acids is 1. The van der Waals surface area contributed by atoms with Gasteiger partial charge in [-0.3, -0.25) is 4.79 Å². The average Bonchev–Trinajstić information content (AvgIpc) is 2.76. The van der Waals surface area contributed by atoms with Crippen molar-refractivity contribution in [3.05, 3.63) is 24.3 Å². The zero-order chi connectivity index (χ0) is 22.7. The SMILES string of the molecule is CCCCCCCCCCCCCCCC=CCC=CCCCCCCCCC(=O)O. The highest BCUT2D eigenvalue weighted by molar-refractivity contribution is 5.66. The van der Waals surface area contributed by atoms with Gasteiger partial charge in [-0.15, -0.1) is 0 Å². The molecule has 0 aliphatic carbocycles. The van der Waals surface area contributed by atoms with Crippen molar-refractivity contribution in [2.45, 2.75) is 155 Å². The summed E-state index contributed by atoms with van der Waals surface area (Å²) in [5.74, 6) is -0.663. The van der Waals surface area contributed by atoms with Gasteiger partial charge >= 0.3 is 5.97 Å². The molecular weight excluding hydrogens is 380 g/mol. The largest absolute Gasteiger partial charge is 0.481 e. The topological polar surface area (TPSA) is 37.3 Å². The van der Waals surface area contributed by atoms with Gasteiger partial charge in [0.25, 0.3) is 0 Å². The van der Waals surface area contributed by atoms with Crippen molar-refractivity contribution in [1.82, 2.24) is 0 Å². The van der Waals surface area contributed by atoms with Crippen LogP contribution in [0.15, 0.2) is 24.3 Å². The van der Waals surface area contributed by atoms with E-state index in [2.05, 4.69) is 31.2 Å². The fourth-order valence-electron chi connectivity index (χ4n) is 4.03. The summed E-state index contributed by atoms with van der Waals surface area (Å²) in [6.07, 6.45) is 38.5. The van der Waals surface area contributed by atoms with Crippen LogP contribution in [0.3, 0.4) is 0 Å². The number of rotatable bonds is 25. The predicted octanol–water partition coefficient (Wildman–Crippen LogP) is 10.2. The predicted molar refractivity (Wildman–Crippen MR) is 138 cm³/mol. The van der Waals surface area contributed by atoms with Crippen LogP contribution in [0.1, 0.15) is 155 Å². The van der Waals surface area contributed by atoms with Gasteiger partial charge in [-0.05, 0) is 38.5 Å². The first kappa shape index (κ1) is 29.9. The summed E-state index contributed by atoms with van der Waals surface area (Å²) in [5, 5.41) is 8.59. The molecule has 31 heavy (non-hydrogen) atoms. The lowest BCUT2D eigenvalue weighted by Crippen LogP contribution is -1.93. The molecule has 0 unspecified atom stereocenters. The van der Waals surface area contributed by atoms with E-state index in [1.807, 2.05) is 0 Å². The zero-order valence-electron chi connectivity index (χ0n) is 20.9. The summed E-state index contributed by atoms with van der Waals surface area (Å²) in [7, 11) is 0. The molecule has 0 aliphatic heterocycles. The Morgan fingerprint density at radius 2 is 0.871 bits per heavy atom. The molecule has 0 rings (SSSR count). The molecule has 0 radical (unpaired) electrons. The Morgan fingerprint density at radius 3 is 1.26 bits per heavy atom. The number of hydrogen-bond acceptors (Lipinski definition) is 1. The molecule has 1 N–H and O–H groups in total. The third kappa shape index (κ3) is 28.9. The third-order valence-corrected chi connectivity index (χ3v) is 6.09. The summed E-state index contributed by atoms with van der Waals surface area (Å²) >= 11 is 0. The van der Waals surface area contributed by atoms with Gasteiger partial charge in [-0.2, -0.15) is 0 Å². The highest BCUT2D eigenvalue weighted by Gasteiger charge is 1.96. The molecule has 0 saturated carbocycles. The quantitative estimate of drug-likeness (QED) is 0.115. The van der Waals surface area contributed by atoms with Crippen molar-refractivity contribution in [3.8, 4) is 0 Å². The number of carboxylic acids is 1. The molecule has 182 valence electrons. The van der Waals surface area contributed by atoms with Crippen LogP contribution >= 0.6 is 0 Å². The smallest absolute Gasteiger partial charge is 0.303 e. The first-order chi connectivity index (χ1) is 15.3. The molecule has 0 aromatic carbocycles. The van der Waals surface area contributed by atoms with E-state index in [0.29, 0.717) is 6.42 Å². The first-order valence-electron chi connectivity index (χ1n) is 13.8. The van der Waals surface area contributed by atoms with Crippen LogP contribution in [0.2, 0.25) is 0 Å². The van der Waals surface area contributed by atoms with Crippen LogP contribution in [0, 0.1) is 0 Å². The van der Waals surface area contributed by atoms with Crippen molar-refractivity contribution in [1.29, 1.82) is 0 Å².